The lowest BCUT2D eigenvalue weighted by Crippen LogP contribution is -2.70. The molecule has 0 unspecified atom stereocenters. The van der Waals surface area contributed by atoms with Gasteiger partial charge >= 0.3 is 12.0 Å². The summed E-state index contributed by atoms with van der Waals surface area (Å²) in [5, 5.41) is 66.9. The second kappa shape index (κ2) is 22.9. The highest BCUT2D eigenvalue weighted by Crippen LogP contribution is 2.43. The highest BCUT2D eigenvalue weighted by molar-refractivity contribution is 5.92. The van der Waals surface area contributed by atoms with Crippen LogP contribution in [0.2, 0.25) is 0 Å². The Morgan fingerprint density at radius 2 is 1.68 bits per heavy atom. The number of methoxy groups -OCH3 is 1. The zero-order valence-corrected chi connectivity index (χ0v) is 42.3. The lowest BCUT2D eigenvalue weighted by Gasteiger charge is -2.53. The number of nitrogens with zero attached hydrogens (tertiary/aromatic N) is 3. The molecule has 3 aliphatic rings. The summed E-state index contributed by atoms with van der Waals surface area (Å²) in [7, 11) is 4.79. The highest BCUT2D eigenvalue weighted by Gasteiger charge is 2.58. The van der Waals surface area contributed by atoms with Crippen LogP contribution in [0.5, 0.6) is 0 Å². The molecule has 0 spiro atoms. The maximum absolute atomic E-state index is 14.5. The summed E-state index contributed by atoms with van der Waals surface area (Å²) in [6, 6.07) is -0.0532. The Morgan fingerprint density at radius 3 is 2.29 bits per heavy atom. The average molecular weight is 940 g/mol. The van der Waals surface area contributed by atoms with E-state index in [1.54, 1.807) is 81.0 Å². The van der Waals surface area contributed by atoms with Crippen LogP contribution >= 0.6 is 0 Å². The number of esters is 1. The van der Waals surface area contributed by atoms with Gasteiger partial charge in [-0.3, -0.25) is 14.7 Å². The summed E-state index contributed by atoms with van der Waals surface area (Å²) >= 11 is 0. The number of rotatable bonds is 12. The van der Waals surface area contributed by atoms with E-state index in [4.69, 9.17) is 28.4 Å². The van der Waals surface area contributed by atoms with E-state index in [1.165, 1.54) is 23.8 Å². The average Bonchev–Trinajstić information content (AvgIpc) is 3.26. The molecule has 3 fully saturated rings. The fraction of sp³-hybridized carbons (Fsp3) is 0.854. The first kappa shape index (κ1) is 56.0. The van der Waals surface area contributed by atoms with E-state index in [1.807, 2.05) is 27.7 Å². The fourth-order valence-corrected chi connectivity index (χ4v) is 10.4. The van der Waals surface area contributed by atoms with E-state index in [2.05, 4.69) is 15.6 Å². The number of pyridine rings is 1. The van der Waals surface area contributed by atoms with E-state index < -0.39 is 108 Å². The van der Waals surface area contributed by atoms with E-state index in [-0.39, 0.29) is 44.2 Å². The van der Waals surface area contributed by atoms with Crippen LogP contribution in [0.25, 0.3) is 0 Å². The van der Waals surface area contributed by atoms with Crippen molar-refractivity contribution >= 4 is 17.7 Å². The number of aromatic nitrogens is 1. The third kappa shape index (κ3) is 12.2. The van der Waals surface area contributed by atoms with Crippen molar-refractivity contribution in [3.05, 3.63) is 24.0 Å². The van der Waals surface area contributed by atoms with Crippen molar-refractivity contribution in [1.29, 1.82) is 0 Å². The minimum absolute atomic E-state index is 0.0433. The number of cyclic esters (lactones) is 1. The second-order valence-electron chi connectivity index (χ2n) is 20.3. The Hall–Kier alpha value is -2.59. The van der Waals surface area contributed by atoms with E-state index in [0.717, 1.165) is 12.0 Å². The van der Waals surface area contributed by atoms with Gasteiger partial charge in [-0.2, -0.15) is 0 Å². The molecule has 4 heterocycles. The third-order valence-corrected chi connectivity index (χ3v) is 14.8. The zero-order chi connectivity index (χ0) is 49.7. The number of carbonyl (C=O) groups is 2. The van der Waals surface area contributed by atoms with Gasteiger partial charge in [0.2, 0.25) is 0 Å². The zero-order valence-electron chi connectivity index (χ0n) is 42.3. The number of ether oxygens (including phenoxy) is 6. The molecule has 7 N–H and O–H groups in total. The molecule has 3 aliphatic heterocycles. The standard InChI is InChI=1S/C48H85N5O13/c1-16-19-50-26-48(60)33(9)63-37(23-46(48,11)61-15)65-39-30(6)41(45(10,58)22-27(3)24-51-32(8)40(55)47(12,59)36(17-2)64-42(56)31(39)7)66-43-38(54)35(21-29(5)62-43)53(14)44(57)52(13)34-18-20-49-25-28(34)4/h18,20,25,27,29-33,35-41,43,50-51,54-55,58-60H,16-17,19,21-24,26H2,1-15H3/t27-,29-,30+,31-,32-,33+,35+,36-,37+,38-,39+,40-,41-,43+,45-,46-,47-,48+/m1/s1. The predicted molar refractivity (Wildman–Crippen MR) is 249 cm³/mol. The summed E-state index contributed by atoms with van der Waals surface area (Å²) in [5.74, 6) is -2.99. The van der Waals surface area contributed by atoms with Crippen molar-refractivity contribution in [1.82, 2.24) is 20.5 Å². The summed E-state index contributed by atoms with van der Waals surface area (Å²) in [6.45, 7) is 22.3. The number of aliphatic hydroxyl groups excluding tert-OH is 2. The maximum atomic E-state index is 14.5. The molecule has 0 bridgehead atoms. The SMILES string of the molecule is CCCNC[C@]1(O)[C@H](C)O[C@@H](O[C@H]2[C@H](C)[C@@H](O[C@@H]3O[C@H](C)C[C@H](N(C)C(=O)N(C)c4ccncc4C)[C@H]3O)[C@](C)(O)C[C@@H](C)CN[C@H](C)[C@@H](O)[C@](C)(O)[C@@H](CC)OC(=O)[C@@H]2C)C[C@@]1(C)OC. The van der Waals surface area contributed by atoms with Crippen molar-refractivity contribution in [3.63, 3.8) is 0 Å². The third-order valence-electron chi connectivity index (χ3n) is 14.8. The van der Waals surface area contributed by atoms with Crippen molar-refractivity contribution in [3.8, 4) is 0 Å². The van der Waals surface area contributed by atoms with Crippen LogP contribution in [0.15, 0.2) is 18.5 Å². The van der Waals surface area contributed by atoms with Crippen LogP contribution in [-0.2, 0) is 33.2 Å². The van der Waals surface area contributed by atoms with Gasteiger partial charge in [-0.1, -0.05) is 27.7 Å². The Labute approximate surface area is 393 Å². The predicted octanol–water partition coefficient (Wildman–Crippen LogP) is 3.26. The van der Waals surface area contributed by atoms with Gasteiger partial charge in [-0.15, -0.1) is 0 Å². The molecule has 1 aromatic heterocycles. The molecule has 3 saturated heterocycles. The van der Waals surface area contributed by atoms with Gasteiger partial charge in [-0.25, -0.2) is 4.79 Å². The largest absolute Gasteiger partial charge is 0.459 e. The van der Waals surface area contributed by atoms with E-state index >= 15 is 0 Å². The number of aryl methyl sites for hydroxylation is 1. The molecule has 1 aromatic rings. The number of carbonyl (C=O) groups excluding carboxylic acids is 2. The van der Waals surface area contributed by atoms with Gasteiger partial charge in [-0.05, 0) is 112 Å². The number of nitrogens with one attached hydrogen (secondary N) is 2. The molecular weight excluding hydrogens is 855 g/mol. The van der Waals surface area contributed by atoms with Crippen molar-refractivity contribution in [2.45, 2.75) is 205 Å². The van der Waals surface area contributed by atoms with Crippen LogP contribution in [0.1, 0.15) is 114 Å². The number of likely N-dealkylation sites (N-methyl/N-ethyl adjacent to an activating group) is 1. The van der Waals surface area contributed by atoms with Crippen LogP contribution in [-0.4, -0.2) is 178 Å². The molecular formula is C48H85N5O13. The van der Waals surface area contributed by atoms with Gasteiger partial charge in [0, 0.05) is 58.5 Å². The first-order valence-corrected chi connectivity index (χ1v) is 24.0. The summed E-state index contributed by atoms with van der Waals surface area (Å²) in [5.41, 5.74) is -4.77. The van der Waals surface area contributed by atoms with Crippen LogP contribution in [0.3, 0.4) is 0 Å². The topological polar surface area (TPSA) is 234 Å². The molecule has 0 aliphatic carbocycles. The Morgan fingerprint density at radius 1 is 1.02 bits per heavy atom. The van der Waals surface area contributed by atoms with Crippen LogP contribution < -0.4 is 15.5 Å². The van der Waals surface area contributed by atoms with Crippen LogP contribution in [0, 0.1) is 24.7 Å². The van der Waals surface area contributed by atoms with Crippen molar-refractivity contribution < 1.29 is 63.5 Å². The van der Waals surface area contributed by atoms with Gasteiger partial charge in [0.05, 0.1) is 47.7 Å². The first-order valence-electron chi connectivity index (χ1n) is 24.0. The molecule has 380 valence electrons. The van der Waals surface area contributed by atoms with Crippen molar-refractivity contribution in [2.24, 2.45) is 17.8 Å². The Bertz CT molecular complexity index is 1730. The van der Waals surface area contributed by atoms with Gasteiger partial charge in [0.1, 0.15) is 35.1 Å². The van der Waals surface area contributed by atoms with Gasteiger partial charge in [0.25, 0.3) is 0 Å². The molecule has 66 heavy (non-hydrogen) atoms. The molecule has 18 atom stereocenters. The summed E-state index contributed by atoms with van der Waals surface area (Å²) in [4.78, 5) is 35.6. The molecule has 0 saturated carbocycles. The number of hydrogen-bond acceptors (Lipinski definition) is 16. The summed E-state index contributed by atoms with van der Waals surface area (Å²) < 4.78 is 38.7. The lowest BCUT2D eigenvalue weighted by molar-refractivity contribution is -0.336. The number of hydrogen-bond donors (Lipinski definition) is 7. The number of aliphatic hydroxyl groups is 5. The quantitative estimate of drug-likeness (QED) is 0.118. The minimum atomic E-state index is -1.86. The minimum Gasteiger partial charge on any atom is -0.459 e. The summed E-state index contributed by atoms with van der Waals surface area (Å²) in [6.07, 6.45) is -5.19. The second-order valence-corrected chi connectivity index (χ2v) is 20.3. The van der Waals surface area contributed by atoms with E-state index in [9.17, 15) is 35.1 Å². The molecule has 4 rings (SSSR count). The van der Waals surface area contributed by atoms with Gasteiger partial charge < -0.3 is 69.5 Å². The van der Waals surface area contributed by atoms with Gasteiger partial charge in [0.15, 0.2) is 12.6 Å². The van der Waals surface area contributed by atoms with Crippen LogP contribution in [0.4, 0.5) is 10.5 Å². The Balaban J connectivity index is 1.80. The molecule has 0 aromatic carbocycles. The number of urea groups is 1. The highest BCUT2D eigenvalue weighted by atomic mass is 16.7. The number of amides is 2. The molecule has 0 radical (unpaired) electrons. The Kier molecular flexibility index (Phi) is 19.4. The molecule has 18 nitrogen and oxygen atoms in total. The lowest BCUT2D eigenvalue weighted by atomic mass is 9.75. The maximum Gasteiger partial charge on any atom is 0.324 e. The van der Waals surface area contributed by atoms with Crippen molar-refractivity contribution in [2.75, 3.05) is 45.7 Å². The smallest absolute Gasteiger partial charge is 0.324 e. The molecule has 18 heteroatoms. The number of anilines is 1. The first-order chi connectivity index (χ1) is 30.7. The fourth-order valence-electron chi connectivity index (χ4n) is 10.4. The monoisotopic (exact) mass is 940 g/mol. The molecule has 2 amide bonds. The van der Waals surface area contributed by atoms with E-state index in [0.29, 0.717) is 18.8 Å². The normalized spacial score (nSPS) is 42.2.